The number of hydrogen-bond donors (Lipinski definition) is 1. The van der Waals surface area contributed by atoms with Crippen molar-refractivity contribution < 1.29 is 14.3 Å². The van der Waals surface area contributed by atoms with Crippen LogP contribution in [0.5, 0.6) is 11.5 Å². The van der Waals surface area contributed by atoms with Crippen molar-refractivity contribution in [2.24, 2.45) is 7.05 Å². The summed E-state index contributed by atoms with van der Waals surface area (Å²) in [7, 11) is 3.50. The van der Waals surface area contributed by atoms with Gasteiger partial charge in [-0.05, 0) is 55.0 Å². The zero-order valence-corrected chi connectivity index (χ0v) is 18.8. The number of hydrogen-bond acceptors (Lipinski definition) is 4. The second-order valence-electron chi connectivity index (χ2n) is 6.74. The fourth-order valence-electron chi connectivity index (χ4n) is 2.84. The Labute approximate surface area is 184 Å². The number of carbonyl (C=O) groups is 1. The number of benzene rings is 2. The molecule has 0 saturated carbocycles. The maximum absolute atomic E-state index is 12.2. The van der Waals surface area contributed by atoms with Gasteiger partial charge in [-0.3, -0.25) is 9.48 Å². The van der Waals surface area contributed by atoms with Gasteiger partial charge in [0, 0.05) is 41.0 Å². The minimum absolute atomic E-state index is 0.165. The third kappa shape index (κ3) is 5.73. The van der Waals surface area contributed by atoms with Crippen molar-refractivity contribution in [1.29, 1.82) is 0 Å². The van der Waals surface area contributed by atoms with Gasteiger partial charge in [-0.25, -0.2) is 0 Å². The lowest BCUT2D eigenvalue weighted by molar-refractivity contribution is -0.116. The molecule has 3 aromatic rings. The lowest BCUT2D eigenvalue weighted by atomic mass is 10.1. The van der Waals surface area contributed by atoms with Crippen LogP contribution in [0, 0.1) is 6.92 Å². The van der Waals surface area contributed by atoms with E-state index in [1.807, 2.05) is 56.4 Å². The molecule has 0 aliphatic rings. The van der Waals surface area contributed by atoms with Gasteiger partial charge >= 0.3 is 0 Å². The van der Waals surface area contributed by atoms with Crippen molar-refractivity contribution in [3.63, 3.8) is 0 Å². The highest BCUT2D eigenvalue weighted by Crippen LogP contribution is 2.23. The molecular weight excluding hydrogens is 446 g/mol. The van der Waals surface area contributed by atoms with Crippen LogP contribution < -0.4 is 14.8 Å². The second kappa shape index (κ2) is 10.1. The molecule has 1 heterocycles. The number of aryl methyl sites for hydroxylation is 1. The molecule has 0 aliphatic heterocycles. The SMILES string of the molecule is COc1ccc(C=CC(=O)NCc2cnn(C)c2C)cc1COc1ccc(Br)cc1. The van der Waals surface area contributed by atoms with Gasteiger partial charge in [-0.1, -0.05) is 22.0 Å². The Morgan fingerprint density at radius 3 is 2.63 bits per heavy atom. The third-order valence-electron chi connectivity index (χ3n) is 4.73. The molecule has 0 bridgehead atoms. The molecule has 6 nitrogen and oxygen atoms in total. The van der Waals surface area contributed by atoms with Gasteiger partial charge < -0.3 is 14.8 Å². The average molecular weight is 470 g/mol. The molecule has 0 saturated heterocycles. The van der Waals surface area contributed by atoms with E-state index in [1.54, 1.807) is 24.1 Å². The van der Waals surface area contributed by atoms with Crippen LogP contribution >= 0.6 is 15.9 Å². The molecule has 1 aromatic heterocycles. The van der Waals surface area contributed by atoms with Gasteiger partial charge in [-0.2, -0.15) is 5.10 Å². The summed E-state index contributed by atoms with van der Waals surface area (Å²) < 4.78 is 14.1. The largest absolute Gasteiger partial charge is 0.496 e. The standard InChI is InChI=1S/C23H24BrN3O3/c1-16-19(14-26-27(16)2)13-25-23(28)11-5-17-4-10-22(29-3)18(12-17)15-30-21-8-6-20(24)7-9-21/h4-12,14H,13,15H2,1-3H3,(H,25,28). The van der Waals surface area contributed by atoms with Crippen LogP contribution in [0.2, 0.25) is 0 Å². The summed E-state index contributed by atoms with van der Waals surface area (Å²) in [6.45, 7) is 2.77. The van der Waals surface area contributed by atoms with Crippen LogP contribution in [0.3, 0.4) is 0 Å². The minimum Gasteiger partial charge on any atom is -0.496 e. The van der Waals surface area contributed by atoms with Gasteiger partial charge in [-0.15, -0.1) is 0 Å². The molecule has 7 heteroatoms. The fraction of sp³-hybridized carbons (Fsp3) is 0.217. The monoisotopic (exact) mass is 469 g/mol. The molecular formula is C23H24BrN3O3. The molecule has 1 N–H and O–H groups in total. The van der Waals surface area contributed by atoms with Crippen LogP contribution in [0.15, 0.2) is 59.2 Å². The summed E-state index contributed by atoms with van der Waals surface area (Å²) in [5.74, 6) is 1.34. The van der Waals surface area contributed by atoms with Crippen molar-refractivity contribution in [3.05, 3.63) is 81.6 Å². The number of halogens is 1. The van der Waals surface area contributed by atoms with E-state index in [0.29, 0.717) is 13.2 Å². The van der Waals surface area contributed by atoms with E-state index in [9.17, 15) is 4.79 Å². The summed E-state index contributed by atoms with van der Waals surface area (Å²) in [6, 6.07) is 13.4. The van der Waals surface area contributed by atoms with E-state index in [2.05, 4.69) is 26.3 Å². The summed E-state index contributed by atoms with van der Waals surface area (Å²) in [5.41, 5.74) is 3.81. The molecule has 0 radical (unpaired) electrons. The number of ether oxygens (including phenoxy) is 2. The maximum Gasteiger partial charge on any atom is 0.244 e. The van der Waals surface area contributed by atoms with E-state index < -0.39 is 0 Å². The summed E-state index contributed by atoms with van der Waals surface area (Å²) >= 11 is 3.41. The Kier molecular flexibility index (Phi) is 7.30. The quantitative estimate of drug-likeness (QED) is 0.496. The van der Waals surface area contributed by atoms with E-state index >= 15 is 0 Å². The number of methoxy groups -OCH3 is 1. The van der Waals surface area contributed by atoms with Crippen molar-refractivity contribution in [1.82, 2.24) is 15.1 Å². The maximum atomic E-state index is 12.2. The zero-order chi connectivity index (χ0) is 21.5. The highest BCUT2D eigenvalue weighted by atomic mass is 79.9. The first kappa shape index (κ1) is 21.6. The van der Waals surface area contributed by atoms with Gasteiger partial charge in [0.2, 0.25) is 5.91 Å². The van der Waals surface area contributed by atoms with Crippen molar-refractivity contribution in [2.75, 3.05) is 7.11 Å². The first-order chi connectivity index (χ1) is 14.5. The van der Waals surface area contributed by atoms with Crippen LogP contribution in [0.4, 0.5) is 0 Å². The minimum atomic E-state index is -0.165. The third-order valence-corrected chi connectivity index (χ3v) is 5.26. The molecule has 0 unspecified atom stereocenters. The van der Waals surface area contributed by atoms with Gasteiger partial charge in [0.25, 0.3) is 0 Å². The predicted octanol–water partition coefficient (Wildman–Crippen LogP) is 4.41. The molecule has 0 atom stereocenters. The van der Waals surface area contributed by atoms with Crippen LogP contribution in [0.25, 0.3) is 6.08 Å². The Balaban J connectivity index is 1.62. The Morgan fingerprint density at radius 1 is 1.20 bits per heavy atom. The highest BCUT2D eigenvalue weighted by molar-refractivity contribution is 9.10. The lowest BCUT2D eigenvalue weighted by Crippen LogP contribution is -2.20. The number of nitrogens with zero attached hydrogens (tertiary/aromatic N) is 2. The molecule has 3 rings (SSSR count). The summed E-state index contributed by atoms with van der Waals surface area (Å²) in [4.78, 5) is 12.2. The number of nitrogens with one attached hydrogen (secondary N) is 1. The molecule has 0 fully saturated rings. The summed E-state index contributed by atoms with van der Waals surface area (Å²) in [6.07, 6.45) is 5.06. The lowest BCUT2D eigenvalue weighted by Gasteiger charge is -2.11. The predicted molar refractivity (Wildman–Crippen MR) is 120 cm³/mol. The number of carbonyl (C=O) groups excluding carboxylic acids is 1. The first-order valence-corrected chi connectivity index (χ1v) is 10.2. The summed E-state index contributed by atoms with van der Waals surface area (Å²) in [5, 5.41) is 7.06. The van der Waals surface area contributed by atoms with Crippen LogP contribution in [0.1, 0.15) is 22.4 Å². The molecule has 0 spiro atoms. The molecule has 30 heavy (non-hydrogen) atoms. The molecule has 0 aliphatic carbocycles. The van der Waals surface area contributed by atoms with Crippen molar-refractivity contribution >= 4 is 27.9 Å². The van der Waals surface area contributed by atoms with E-state index in [0.717, 1.165) is 38.4 Å². The van der Waals surface area contributed by atoms with E-state index in [-0.39, 0.29) is 5.91 Å². The van der Waals surface area contributed by atoms with E-state index in [1.165, 1.54) is 6.08 Å². The van der Waals surface area contributed by atoms with Crippen LogP contribution in [-0.2, 0) is 25.0 Å². The smallest absolute Gasteiger partial charge is 0.244 e. The number of rotatable bonds is 8. The Bertz CT molecular complexity index is 1040. The fourth-order valence-corrected chi connectivity index (χ4v) is 3.10. The topological polar surface area (TPSA) is 65.4 Å². The second-order valence-corrected chi connectivity index (χ2v) is 7.66. The Hall–Kier alpha value is -3.06. The van der Waals surface area contributed by atoms with Crippen molar-refractivity contribution in [3.8, 4) is 11.5 Å². The Morgan fingerprint density at radius 2 is 1.97 bits per heavy atom. The van der Waals surface area contributed by atoms with Gasteiger partial charge in [0.15, 0.2) is 0 Å². The van der Waals surface area contributed by atoms with E-state index in [4.69, 9.17) is 9.47 Å². The average Bonchev–Trinajstić information content (AvgIpc) is 3.08. The van der Waals surface area contributed by atoms with Crippen LogP contribution in [-0.4, -0.2) is 22.8 Å². The number of amides is 1. The normalized spacial score (nSPS) is 10.9. The molecule has 2 aromatic carbocycles. The zero-order valence-electron chi connectivity index (χ0n) is 17.2. The number of aromatic nitrogens is 2. The molecule has 156 valence electrons. The highest BCUT2D eigenvalue weighted by Gasteiger charge is 2.07. The van der Waals surface area contributed by atoms with Crippen molar-refractivity contribution in [2.45, 2.75) is 20.1 Å². The van der Waals surface area contributed by atoms with Gasteiger partial charge in [0.05, 0.1) is 13.3 Å². The van der Waals surface area contributed by atoms with Gasteiger partial charge in [0.1, 0.15) is 18.1 Å². The first-order valence-electron chi connectivity index (χ1n) is 9.45. The molecule has 1 amide bonds.